The van der Waals surface area contributed by atoms with Crippen LogP contribution in [0.1, 0.15) is 86.7 Å². The zero-order valence-corrected chi connectivity index (χ0v) is 46.8. The molecular formula is C62H74N12O8. The first-order chi connectivity index (χ1) is 39.7. The van der Waals surface area contributed by atoms with Crippen LogP contribution in [0, 0.1) is 0 Å². The highest BCUT2D eigenvalue weighted by Gasteiger charge is 2.48. The molecule has 10 amide bonds. The summed E-state index contributed by atoms with van der Waals surface area (Å²) in [7, 11) is 3.26. The Morgan fingerprint density at radius 1 is 0.439 bits per heavy atom. The van der Waals surface area contributed by atoms with Crippen molar-refractivity contribution in [3.8, 4) is 0 Å². The molecule has 4 saturated heterocycles. The summed E-state index contributed by atoms with van der Waals surface area (Å²) in [5.41, 5.74) is 4.33. The molecule has 8 atom stereocenters. The van der Waals surface area contributed by atoms with E-state index in [9.17, 15) is 38.4 Å². The second-order valence-electron chi connectivity index (χ2n) is 21.6. The largest absolute Gasteiger partial charge is 0.343 e. The van der Waals surface area contributed by atoms with Gasteiger partial charge >= 0.3 is 12.1 Å². The summed E-state index contributed by atoms with van der Waals surface area (Å²) >= 11 is 0. The Bertz CT molecular complexity index is 2770. The molecule has 4 aliphatic heterocycles. The maximum atomic E-state index is 14.8. The van der Waals surface area contributed by atoms with Crippen molar-refractivity contribution >= 4 is 58.9 Å². The first-order valence-corrected chi connectivity index (χ1v) is 28.3. The summed E-state index contributed by atoms with van der Waals surface area (Å²) in [4.78, 5) is 120. The second kappa shape index (κ2) is 26.8. The second-order valence-corrected chi connectivity index (χ2v) is 21.6. The molecule has 5 aromatic rings. The van der Waals surface area contributed by atoms with Gasteiger partial charge in [-0.05, 0) is 113 Å². The third-order valence-electron chi connectivity index (χ3n) is 16.3. The molecule has 430 valence electrons. The minimum atomic E-state index is -1.17. The molecule has 1 unspecified atom stereocenters. The quantitative estimate of drug-likeness (QED) is 0.0666. The van der Waals surface area contributed by atoms with E-state index in [0.29, 0.717) is 49.9 Å². The van der Waals surface area contributed by atoms with Crippen LogP contribution in [-0.4, -0.2) is 156 Å². The minimum absolute atomic E-state index is 0.168. The van der Waals surface area contributed by atoms with Gasteiger partial charge in [-0.3, -0.25) is 28.8 Å². The summed E-state index contributed by atoms with van der Waals surface area (Å²) in [6, 6.07) is 37.0. The van der Waals surface area contributed by atoms with Gasteiger partial charge in [-0.1, -0.05) is 121 Å². The van der Waals surface area contributed by atoms with Gasteiger partial charge < -0.3 is 62.1 Å². The molecular weight excluding hydrogens is 1040 g/mol. The smallest absolute Gasteiger partial charge is 0.321 e. The van der Waals surface area contributed by atoms with Gasteiger partial charge in [-0.25, -0.2) is 9.59 Å². The third kappa shape index (κ3) is 13.6. The highest BCUT2D eigenvalue weighted by Crippen LogP contribution is 2.34. The van der Waals surface area contributed by atoms with Crippen LogP contribution in [0.3, 0.4) is 0 Å². The van der Waals surface area contributed by atoms with Crippen LogP contribution >= 0.6 is 0 Å². The number of nitrogens with zero attached hydrogens (tertiary/aromatic N) is 4. The predicted octanol–water partition coefficient (Wildman–Crippen LogP) is 4.88. The number of nitrogens with one attached hydrogen (secondary N) is 8. The highest BCUT2D eigenvalue weighted by atomic mass is 16.2. The fourth-order valence-electron chi connectivity index (χ4n) is 11.5. The Kier molecular flexibility index (Phi) is 18.9. The van der Waals surface area contributed by atoms with Crippen LogP contribution in [0.5, 0.6) is 0 Å². The number of rotatable bonds is 16. The number of fused-ring (bicyclic) bond motifs is 2. The van der Waals surface area contributed by atoms with Crippen LogP contribution in [0.25, 0.3) is 0 Å². The van der Waals surface area contributed by atoms with Gasteiger partial charge in [0.1, 0.15) is 24.2 Å². The van der Waals surface area contributed by atoms with Crippen LogP contribution in [0.4, 0.5) is 21.0 Å². The van der Waals surface area contributed by atoms with Crippen molar-refractivity contribution in [2.75, 3.05) is 50.9 Å². The van der Waals surface area contributed by atoms with Gasteiger partial charge in [-0.2, -0.15) is 0 Å². The number of hydrogen-bond acceptors (Lipinski definition) is 10. The van der Waals surface area contributed by atoms with Gasteiger partial charge in [-0.15, -0.1) is 0 Å². The Morgan fingerprint density at radius 3 is 1.06 bits per heavy atom. The van der Waals surface area contributed by atoms with Crippen LogP contribution < -0.4 is 42.5 Å². The highest BCUT2D eigenvalue weighted by molar-refractivity contribution is 5.97. The molecule has 20 nitrogen and oxygen atoms in total. The maximum Gasteiger partial charge on any atom is 0.321 e. The summed E-state index contributed by atoms with van der Waals surface area (Å²) in [5, 5.41) is 23.8. The molecule has 8 N–H and O–H groups in total. The monoisotopic (exact) mass is 1110 g/mol. The molecule has 20 heteroatoms. The molecule has 0 spiro atoms. The minimum Gasteiger partial charge on any atom is -0.343 e. The number of benzene rings is 5. The molecule has 0 aliphatic carbocycles. The lowest BCUT2D eigenvalue weighted by molar-refractivity contribution is -0.144. The van der Waals surface area contributed by atoms with E-state index in [1.54, 1.807) is 62.0 Å². The Hall–Kier alpha value is -8.62. The molecule has 9 rings (SSSR count). The van der Waals surface area contributed by atoms with Gasteiger partial charge in [0.15, 0.2) is 0 Å². The SMILES string of the molecule is CN[C@@H](C)C(=O)N[C@H]1CN(C(=O)Nc2ccc(NC(=O)N3CC[C@H]4CC[C@@H](C(=O)NC(c5ccccc5)c5ccccc5)N4C(=O)[C@@H](NC(=O)[C@H](C)NC)C3)cc2)CCC2CC[C@@H](C(=O)NC(c3ccccc3)c3ccccc3)N2C1=O. The molecule has 0 saturated carbocycles. The van der Waals surface area contributed by atoms with Gasteiger partial charge in [0.05, 0.1) is 37.3 Å². The molecule has 0 bridgehead atoms. The zero-order valence-electron chi connectivity index (χ0n) is 46.8. The summed E-state index contributed by atoms with van der Waals surface area (Å²) in [6.07, 6.45) is 2.61. The van der Waals surface area contributed by atoms with Gasteiger partial charge in [0, 0.05) is 36.5 Å². The fourth-order valence-corrected chi connectivity index (χ4v) is 11.5. The number of anilines is 2. The van der Waals surface area contributed by atoms with Crippen molar-refractivity contribution in [2.45, 2.75) is 113 Å². The number of carbonyl (C=O) groups excluding carboxylic acids is 8. The van der Waals surface area contributed by atoms with Crippen molar-refractivity contribution in [1.29, 1.82) is 0 Å². The summed E-state index contributed by atoms with van der Waals surface area (Å²) < 4.78 is 0. The molecule has 4 fully saturated rings. The normalized spacial score (nSPS) is 21.6. The molecule has 4 heterocycles. The average Bonchev–Trinajstić information content (AvgIpc) is 4.22. The Labute approximate surface area is 478 Å². The van der Waals surface area contributed by atoms with Crippen molar-refractivity contribution in [1.82, 2.24) is 51.5 Å². The summed E-state index contributed by atoms with van der Waals surface area (Å²) in [5.74, 6) is -2.42. The molecule has 0 aromatic heterocycles. The number of urea groups is 2. The van der Waals surface area contributed by atoms with Gasteiger partial charge in [0.2, 0.25) is 35.4 Å². The molecule has 5 aromatic carbocycles. The van der Waals surface area contributed by atoms with E-state index in [1.807, 2.05) is 121 Å². The van der Waals surface area contributed by atoms with Gasteiger partial charge in [0.25, 0.3) is 0 Å². The predicted molar refractivity (Wildman–Crippen MR) is 311 cm³/mol. The fraction of sp³-hybridized carbons (Fsp3) is 0.387. The maximum absolute atomic E-state index is 14.8. The Morgan fingerprint density at radius 2 is 0.756 bits per heavy atom. The lowest BCUT2D eigenvalue weighted by Gasteiger charge is -2.39. The van der Waals surface area contributed by atoms with Crippen LogP contribution in [-0.2, 0) is 28.8 Å². The van der Waals surface area contributed by atoms with E-state index in [0.717, 1.165) is 22.3 Å². The molecule has 4 aliphatic rings. The topological polar surface area (TPSA) is 246 Å². The van der Waals surface area contributed by atoms with Crippen molar-refractivity contribution in [3.63, 3.8) is 0 Å². The van der Waals surface area contributed by atoms with E-state index in [4.69, 9.17) is 0 Å². The van der Waals surface area contributed by atoms with E-state index >= 15 is 0 Å². The lowest BCUT2D eigenvalue weighted by Crippen LogP contribution is -2.62. The number of hydrogen-bond donors (Lipinski definition) is 8. The molecule has 0 radical (unpaired) electrons. The van der Waals surface area contributed by atoms with Crippen LogP contribution in [0.15, 0.2) is 146 Å². The number of likely N-dealkylation sites (N-methyl/N-ethyl adjacent to an activating group) is 2. The zero-order chi connectivity index (χ0) is 57.9. The van der Waals surface area contributed by atoms with E-state index in [1.165, 1.54) is 9.80 Å². The molecule has 82 heavy (non-hydrogen) atoms. The van der Waals surface area contributed by atoms with Crippen molar-refractivity contribution in [2.24, 2.45) is 0 Å². The standard InChI is InChI=1S/C62H74N12O8/c1-39(63-3)55(75)67-49-37-71(35-33-47-29-31-51(73(47)59(49)79)57(77)69-53(41-17-9-5-10-18-41)42-19-11-6-12-20-42)61(81)65-45-25-27-46(28-26-45)66-62(82)72-36-34-48-30-32-52(74(48)60(80)50(38-72)68-56(76)40(2)64-4)58(78)70-54(43-21-13-7-14-22-43)44-23-15-8-16-24-44/h5-28,39-40,47-54,63-64H,29-38H2,1-4H3,(H,65,81)(H,66,82)(H,67,75)(H,68,76)(H,69,77)(H,70,78)/t39-,40-,47+,48?,49-,50-,51-,52-/m0/s1. The van der Waals surface area contributed by atoms with E-state index in [2.05, 4.69) is 42.5 Å². The van der Waals surface area contributed by atoms with Crippen molar-refractivity contribution in [3.05, 3.63) is 168 Å². The number of carbonyl (C=O) groups is 8. The van der Waals surface area contributed by atoms with E-state index < -0.39 is 84.0 Å². The van der Waals surface area contributed by atoms with Crippen LogP contribution in [0.2, 0.25) is 0 Å². The summed E-state index contributed by atoms with van der Waals surface area (Å²) in [6.45, 7) is 3.43. The Balaban J connectivity index is 0.855. The van der Waals surface area contributed by atoms with Crippen molar-refractivity contribution < 1.29 is 38.4 Å². The first-order valence-electron chi connectivity index (χ1n) is 28.3. The van der Waals surface area contributed by atoms with E-state index in [-0.39, 0.29) is 50.1 Å². The number of amides is 10. The lowest BCUT2D eigenvalue weighted by atomic mass is 9.98. The first kappa shape index (κ1) is 58.0. The average molecular weight is 1120 g/mol. The third-order valence-corrected chi connectivity index (χ3v) is 16.3.